The third-order valence-corrected chi connectivity index (χ3v) is 7.90. The largest absolute Gasteiger partial charge is 0.508 e. The summed E-state index contributed by atoms with van der Waals surface area (Å²) in [7, 11) is 2.13. The van der Waals surface area contributed by atoms with Gasteiger partial charge in [0.1, 0.15) is 5.75 Å². The summed E-state index contributed by atoms with van der Waals surface area (Å²) < 4.78 is 0. The van der Waals surface area contributed by atoms with Crippen molar-refractivity contribution in [3.05, 3.63) is 70.4 Å². The lowest BCUT2D eigenvalue weighted by atomic mass is 9.49. The summed E-state index contributed by atoms with van der Waals surface area (Å²) >= 11 is 0. The maximum Gasteiger partial charge on any atom is 0.115 e. The van der Waals surface area contributed by atoms with Crippen LogP contribution in [0.15, 0.2) is 42.5 Å². The van der Waals surface area contributed by atoms with Crippen molar-refractivity contribution in [3.63, 3.8) is 0 Å². The molecule has 4 nitrogen and oxygen atoms in total. The molecule has 6 rings (SSSR count). The number of hydrogen-bond acceptors (Lipinski definition) is 4. The highest BCUT2D eigenvalue weighted by Crippen LogP contribution is 2.57. The Kier molecular flexibility index (Phi) is 4.24. The second-order valence-corrected chi connectivity index (χ2v) is 9.44. The summed E-state index contributed by atoms with van der Waals surface area (Å²) in [5.41, 5.74) is 5.65. The van der Waals surface area contributed by atoms with E-state index in [0.29, 0.717) is 6.42 Å². The number of pyridine rings is 1. The van der Waals surface area contributed by atoms with Crippen LogP contribution < -0.4 is 0 Å². The molecule has 5 heteroatoms. The Balaban J connectivity index is 0.00000193. The minimum Gasteiger partial charge on any atom is -0.508 e. The van der Waals surface area contributed by atoms with Crippen molar-refractivity contribution in [1.82, 2.24) is 9.88 Å². The van der Waals surface area contributed by atoms with Gasteiger partial charge in [0.05, 0.1) is 11.1 Å². The van der Waals surface area contributed by atoms with Gasteiger partial charge in [0.2, 0.25) is 0 Å². The van der Waals surface area contributed by atoms with E-state index in [2.05, 4.69) is 43.1 Å². The van der Waals surface area contributed by atoms with Crippen LogP contribution >= 0.6 is 12.4 Å². The molecule has 1 aromatic heterocycles. The lowest BCUT2D eigenvalue weighted by Gasteiger charge is -2.63. The van der Waals surface area contributed by atoms with Crippen molar-refractivity contribution < 1.29 is 10.2 Å². The van der Waals surface area contributed by atoms with Crippen LogP contribution in [-0.4, -0.2) is 45.3 Å². The van der Waals surface area contributed by atoms with Crippen LogP contribution in [0.1, 0.15) is 34.4 Å². The monoisotopic (exact) mass is 422 g/mol. The highest BCUT2D eigenvalue weighted by Gasteiger charge is 2.64. The van der Waals surface area contributed by atoms with E-state index in [1.54, 1.807) is 6.07 Å². The van der Waals surface area contributed by atoms with Crippen LogP contribution in [0, 0.1) is 6.92 Å². The highest BCUT2D eigenvalue weighted by molar-refractivity contribution is 5.85. The topological polar surface area (TPSA) is 56.6 Å². The summed E-state index contributed by atoms with van der Waals surface area (Å²) in [5.74, 6) is 0.283. The first-order valence-electron chi connectivity index (χ1n) is 10.5. The van der Waals surface area contributed by atoms with Gasteiger partial charge in [0.25, 0.3) is 0 Å². The van der Waals surface area contributed by atoms with Gasteiger partial charge in [-0.3, -0.25) is 4.98 Å². The molecule has 3 aliphatic rings. The number of phenols is 1. The van der Waals surface area contributed by atoms with Gasteiger partial charge in [-0.15, -0.1) is 12.4 Å². The lowest BCUT2D eigenvalue weighted by molar-refractivity contribution is -0.145. The van der Waals surface area contributed by atoms with Crippen LogP contribution in [0.25, 0.3) is 10.9 Å². The van der Waals surface area contributed by atoms with Crippen molar-refractivity contribution >= 4 is 23.3 Å². The molecule has 3 aromatic rings. The van der Waals surface area contributed by atoms with Gasteiger partial charge in [-0.2, -0.15) is 0 Å². The minimum absolute atomic E-state index is 0. The van der Waals surface area contributed by atoms with Crippen molar-refractivity contribution in [2.45, 2.75) is 49.7 Å². The molecule has 1 fully saturated rings. The summed E-state index contributed by atoms with van der Waals surface area (Å²) in [6.07, 6.45) is 3.03. The molecule has 0 saturated carbocycles. The van der Waals surface area contributed by atoms with Crippen molar-refractivity contribution in [3.8, 4) is 5.75 Å². The number of hydrogen-bond donors (Lipinski definition) is 2. The van der Waals surface area contributed by atoms with Gasteiger partial charge in [0, 0.05) is 35.4 Å². The van der Waals surface area contributed by atoms with Gasteiger partial charge >= 0.3 is 0 Å². The smallest absolute Gasteiger partial charge is 0.115 e. The Morgan fingerprint density at radius 2 is 1.90 bits per heavy atom. The predicted octanol–water partition coefficient (Wildman–Crippen LogP) is 3.70. The van der Waals surface area contributed by atoms with Crippen LogP contribution in [-0.2, 0) is 24.7 Å². The van der Waals surface area contributed by atoms with Gasteiger partial charge in [0.15, 0.2) is 0 Å². The van der Waals surface area contributed by atoms with Gasteiger partial charge in [-0.1, -0.05) is 18.2 Å². The standard InChI is InChI=1S/C25H26N2O2.ClH/c1-15-3-4-17-10-18-13-25(29)23-11-16-5-6-19(28)12-20(16)24(25,7-8-27(23)2)14-22(18)26-21(17)9-15;/h3-6,9-10,12,23,28-29H,7-8,11,13-14H2,1-2H3;1H/t23-,24-,25-;/m1./s1. The van der Waals surface area contributed by atoms with Crippen molar-refractivity contribution in [2.75, 3.05) is 13.6 Å². The van der Waals surface area contributed by atoms with Gasteiger partial charge < -0.3 is 15.1 Å². The molecule has 2 aliphatic carbocycles. The van der Waals surface area contributed by atoms with Crippen LogP contribution in [0.5, 0.6) is 5.75 Å². The number of aliphatic hydroxyl groups is 1. The van der Waals surface area contributed by atoms with E-state index < -0.39 is 11.0 Å². The van der Waals surface area contributed by atoms with Crippen LogP contribution in [0.4, 0.5) is 0 Å². The second kappa shape index (κ2) is 6.43. The average molecular weight is 423 g/mol. The van der Waals surface area contributed by atoms with Gasteiger partial charge in [-0.25, -0.2) is 0 Å². The van der Waals surface area contributed by atoms with E-state index >= 15 is 0 Å². The highest BCUT2D eigenvalue weighted by atomic mass is 35.5. The number of aromatic nitrogens is 1. The Bertz CT molecular complexity index is 1180. The Hall–Kier alpha value is -2.14. The molecule has 0 spiro atoms. The normalized spacial score (nSPS) is 29.5. The second-order valence-electron chi connectivity index (χ2n) is 9.44. The first-order chi connectivity index (χ1) is 13.9. The zero-order valence-corrected chi connectivity index (χ0v) is 18.2. The number of benzene rings is 2. The molecule has 1 saturated heterocycles. The third-order valence-electron chi connectivity index (χ3n) is 7.90. The first-order valence-corrected chi connectivity index (χ1v) is 10.5. The lowest BCUT2D eigenvalue weighted by Crippen LogP contribution is -2.73. The number of aryl methyl sites for hydroxylation is 1. The van der Waals surface area contributed by atoms with Crippen LogP contribution in [0.3, 0.4) is 0 Å². The fourth-order valence-corrected chi connectivity index (χ4v) is 6.38. The van der Waals surface area contributed by atoms with E-state index in [0.717, 1.165) is 48.0 Å². The van der Waals surface area contributed by atoms with E-state index in [1.165, 1.54) is 16.7 Å². The fraction of sp³-hybridized carbons (Fsp3) is 0.400. The van der Waals surface area contributed by atoms with Gasteiger partial charge in [-0.05, 0) is 79.9 Å². The number of phenolic OH excluding ortho intramolecular Hbond substituents is 1. The molecule has 0 unspecified atom stereocenters. The third kappa shape index (κ3) is 2.44. The van der Waals surface area contributed by atoms with Crippen LogP contribution in [0.2, 0.25) is 0 Å². The molecule has 3 atom stereocenters. The van der Waals surface area contributed by atoms with E-state index in [1.807, 2.05) is 12.1 Å². The fourth-order valence-electron chi connectivity index (χ4n) is 6.38. The Morgan fingerprint density at radius 3 is 2.73 bits per heavy atom. The average Bonchev–Trinajstić information content (AvgIpc) is 2.68. The van der Waals surface area contributed by atoms with E-state index in [4.69, 9.17) is 4.98 Å². The summed E-state index contributed by atoms with van der Waals surface area (Å²) in [5, 5.41) is 23.7. The summed E-state index contributed by atoms with van der Waals surface area (Å²) in [4.78, 5) is 7.40. The molecule has 1 aliphatic heterocycles. The summed E-state index contributed by atoms with van der Waals surface area (Å²) in [6, 6.07) is 14.4. The number of halogens is 1. The zero-order valence-electron chi connectivity index (χ0n) is 17.4. The van der Waals surface area contributed by atoms with Crippen molar-refractivity contribution in [2.24, 2.45) is 0 Å². The number of likely N-dealkylation sites (tertiary alicyclic amines) is 1. The van der Waals surface area contributed by atoms with E-state index in [-0.39, 0.29) is 24.2 Å². The molecule has 0 amide bonds. The number of piperidine rings is 1. The maximum atomic E-state index is 12.3. The molecular formula is C25H27ClN2O2. The number of fused-ring (bicyclic) bond motifs is 3. The minimum atomic E-state index is -0.853. The Morgan fingerprint density at radius 1 is 1.07 bits per heavy atom. The van der Waals surface area contributed by atoms with Crippen molar-refractivity contribution in [1.29, 1.82) is 0 Å². The molecule has 0 radical (unpaired) electrons. The molecular weight excluding hydrogens is 396 g/mol. The number of rotatable bonds is 0. The quantitative estimate of drug-likeness (QED) is 0.580. The molecule has 2 bridgehead atoms. The SMILES string of the molecule is Cc1ccc2cc3c(nc2c1)C[C@]12CCN(C)[C@H](Cc4ccc(O)cc41)[C@]2(O)C3.Cl. The maximum absolute atomic E-state index is 12.3. The molecule has 2 aromatic carbocycles. The Labute approximate surface area is 183 Å². The first kappa shape index (κ1) is 19.8. The molecule has 2 heterocycles. The molecule has 156 valence electrons. The molecule has 30 heavy (non-hydrogen) atoms. The number of aromatic hydroxyl groups is 1. The number of nitrogens with zero attached hydrogens (tertiary/aromatic N) is 2. The van der Waals surface area contributed by atoms with E-state index in [9.17, 15) is 10.2 Å². The number of likely N-dealkylation sites (N-methyl/N-ethyl adjacent to an activating group) is 1. The molecule has 2 N–H and O–H groups in total. The predicted molar refractivity (Wildman–Crippen MR) is 121 cm³/mol. The summed E-state index contributed by atoms with van der Waals surface area (Å²) in [6.45, 7) is 3.05. The zero-order chi connectivity index (χ0) is 20.0.